The molecule has 0 saturated heterocycles. The summed E-state index contributed by atoms with van der Waals surface area (Å²) in [5.74, 6) is -0.203. The van der Waals surface area contributed by atoms with Crippen molar-refractivity contribution in [3.63, 3.8) is 0 Å². The Balaban J connectivity index is 1.83. The van der Waals surface area contributed by atoms with E-state index in [1.54, 1.807) is 6.92 Å². The Morgan fingerprint density at radius 1 is 1.65 bits per heavy atom. The number of allylic oxidation sites excluding steroid dienone is 1. The first-order valence-electron chi connectivity index (χ1n) is 5.95. The van der Waals surface area contributed by atoms with Gasteiger partial charge in [0.2, 0.25) is 0 Å². The maximum absolute atomic E-state index is 11.8. The van der Waals surface area contributed by atoms with Crippen molar-refractivity contribution in [3.8, 4) is 0 Å². The Labute approximate surface area is 100 Å². The number of nitrogens with one attached hydrogen (secondary N) is 2. The van der Waals surface area contributed by atoms with Crippen LogP contribution in [0.4, 0.5) is 5.69 Å². The van der Waals surface area contributed by atoms with Gasteiger partial charge in [-0.15, -0.1) is 0 Å². The van der Waals surface area contributed by atoms with Crippen LogP contribution in [0.15, 0.2) is 11.6 Å². The van der Waals surface area contributed by atoms with E-state index in [0.717, 1.165) is 12.1 Å². The van der Waals surface area contributed by atoms with Crippen molar-refractivity contribution in [3.05, 3.63) is 23.0 Å². The van der Waals surface area contributed by atoms with Gasteiger partial charge in [-0.25, -0.2) is 0 Å². The molecule has 2 rings (SSSR count). The van der Waals surface area contributed by atoms with Crippen LogP contribution in [-0.2, 0) is 0 Å². The summed E-state index contributed by atoms with van der Waals surface area (Å²) in [6.45, 7) is 2.44. The number of hydrogen-bond acceptors (Lipinski definition) is 3. The number of rotatable bonds is 4. The number of anilines is 1. The fraction of sp³-hybridized carbons (Fsp3) is 0.500. The minimum absolute atomic E-state index is 0.203. The van der Waals surface area contributed by atoms with Crippen molar-refractivity contribution < 1.29 is 4.79 Å². The average molecular weight is 234 g/mol. The highest BCUT2D eigenvalue weighted by atomic mass is 16.1. The van der Waals surface area contributed by atoms with Gasteiger partial charge in [0, 0.05) is 6.54 Å². The number of nitrogens with zero attached hydrogens (tertiary/aromatic N) is 1. The summed E-state index contributed by atoms with van der Waals surface area (Å²) in [7, 11) is 0. The second-order valence-electron chi connectivity index (χ2n) is 4.37. The first-order chi connectivity index (χ1) is 8.18. The Bertz CT molecular complexity index is 447. The average Bonchev–Trinajstić information content (AvgIpc) is 2.91. The number of aryl methyl sites for hydroxylation is 1. The van der Waals surface area contributed by atoms with Crippen LogP contribution >= 0.6 is 0 Å². The largest absolute Gasteiger partial charge is 0.395 e. The van der Waals surface area contributed by atoms with Gasteiger partial charge in [0.1, 0.15) is 0 Å². The van der Waals surface area contributed by atoms with Crippen LogP contribution in [0.3, 0.4) is 0 Å². The van der Waals surface area contributed by atoms with Gasteiger partial charge in [-0.1, -0.05) is 11.6 Å². The van der Waals surface area contributed by atoms with Crippen LogP contribution in [0.25, 0.3) is 0 Å². The van der Waals surface area contributed by atoms with Gasteiger partial charge >= 0.3 is 0 Å². The summed E-state index contributed by atoms with van der Waals surface area (Å²) in [6, 6.07) is 0. The number of H-pyrrole nitrogens is 1. The van der Waals surface area contributed by atoms with E-state index in [4.69, 9.17) is 5.73 Å². The van der Waals surface area contributed by atoms with Crippen LogP contribution in [-0.4, -0.2) is 22.6 Å². The lowest BCUT2D eigenvalue weighted by Crippen LogP contribution is -2.25. The zero-order valence-corrected chi connectivity index (χ0v) is 10.0. The van der Waals surface area contributed by atoms with Crippen molar-refractivity contribution >= 4 is 11.6 Å². The lowest BCUT2D eigenvalue weighted by Gasteiger charge is -2.04. The van der Waals surface area contributed by atoms with Gasteiger partial charge in [-0.2, -0.15) is 5.10 Å². The lowest BCUT2D eigenvalue weighted by molar-refractivity contribution is 0.0950. The van der Waals surface area contributed by atoms with E-state index in [-0.39, 0.29) is 5.91 Å². The third-order valence-corrected chi connectivity index (χ3v) is 3.08. The van der Waals surface area contributed by atoms with Crippen LogP contribution in [0, 0.1) is 6.92 Å². The Hall–Kier alpha value is -1.78. The lowest BCUT2D eigenvalue weighted by atomic mass is 10.1. The number of nitrogen functional groups attached to an aromatic ring is 1. The van der Waals surface area contributed by atoms with E-state index in [1.165, 1.54) is 24.8 Å². The molecule has 0 atom stereocenters. The zero-order valence-electron chi connectivity index (χ0n) is 10.0. The van der Waals surface area contributed by atoms with Crippen molar-refractivity contribution in [1.29, 1.82) is 0 Å². The second-order valence-corrected chi connectivity index (χ2v) is 4.37. The number of aromatic amines is 1. The molecule has 1 aliphatic carbocycles. The molecular formula is C12H18N4O. The molecule has 0 fully saturated rings. The molecule has 0 radical (unpaired) electrons. The van der Waals surface area contributed by atoms with E-state index in [1.807, 2.05) is 0 Å². The molecule has 92 valence electrons. The Morgan fingerprint density at radius 3 is 3.06 bits per heavy atom. The zero-order chi connectivity index (χ0) is 12.3. The number of amides is 1. The topological polar surface area (TPSA) is 83.8 Å². The summed E-state index contributed by atoms with van der Waals surface area (Å²) in [5, 5.41) is 9.43. The molecule has 0 aliphatic heterocycles. The molecule has 0 bridgehead atoms. The maximum Gasteiger partial charge on any atom is 0.273 e. The molecule has 1 aromatic rings. The molecule has 1 aromatic heterocycles. The van der Waals surface area contributed by atoms with Crippen molar-refractivity contribution in [2.75, 3.05) is 12.3 Å². The normalized spacial score (nSPS) is 14.8. The Kier molecular flexibility index (Phi) is 3.46. The van der Waals surface area contributed by atoms with Crippen LogP contribution in [0.2, 0.25) is 0 Å². The quantitative estimate of drug-likeness (QED) is 0.691. The molecule has 0 spiro atoms. The fourth-order valence-corrected chi connectivity index (χ4v) is 2.00. The summed E-state index contributed by atoms with van der Waals surface area (Å²) < 4.78 is 0. The fourth-order valence-electron chi connectivity index (χ4n) is 2.00. The minimum Gasteiger partial charge on any atom is -0.395 e. The summed E-state index contributed by atoms with van der Waals surface area (Å²) in [4.78, 5) is 11.8. The molecule has 1 heterocycles. The molecule has 1 aliphatic rings. The molecule has 4 N–H and O–H groups in total. The van der Waals surface area contributed by atoms with Crippen LogP contribution in [0.5, 0.6) is 0 Å². The highest BCUT2D eigenvalue weighted by Gasteiger charge is 2.14. The number of aromatic nitrogens is 2. The monoisotopic (exact) mass is 234 g/mol. The molecule has 1 amide bonds. The third kappa shape index (κ3) is 2.67. The molecule has 0 unspecified atom stereocenters. The van der Waals surface area contributed by atoms with Gasteiger partial charge in [-0.05, 0) is 32.6 Å². The van der Waals surface area contributed by atoms with Crippen molar-refractivity contribution in [1.82, 2.24) is 15.5 Å². The predicted octanol–water partition coefficient (Wildman–Crippen LogP) is 1.53. The molecule has 5 nitrogen and oxygen atoms in total. The van der Waals surface area contributed by atoms with Crippen LogP contribution < -0.4 is 11.1 Å². The highest BCUT2D eigenvalue weighted by Crippen LogP contribution is 2.19. The summed E-state index contributed by atoms with van der Waals surface area (Å²) >= 11 is 0. The number of nitrogens with two attached hydrogens (primary N) is 1. The number of hydrogen-bond donors (Lipinski definition) is 3. The smallest absolute Gasteiger partial charge is 0.273 e. The molecule has 0 saturated carbocycles. The molecular weight excluding hydrogens is 216 g/mol. The predicted molar refractivity (Wildman–Crippen MR) is 66.6 cm³/mol. The first kappa shape index (κ1) is 11.7. The van der Waals surface area contributed by atoms with E-state index in [9.17, 15) is 4.79 Å². The van der Waals surface area contributed by atoms with Crippen molar-refractivity contribution in [2.45, 2.75) is 32.6 Å². The van der Waals surface area contributed by atoms with E-state index < -0.39 is 0 Å². The highest BCUT2D eigenvalue weighted by molar-refractivity contribution is 5.97. The van der Waals surface area contributed by atoms with Gasteiger partial charge in [0.05, 0.1) is 11.4 Å². The first-order valence-corrected chi connectivity index (χ1v) is 5.95. The van der Waals surface area contributed by atoms with E-state index in [0.29, 0.717) is 17.9 Å². The molecule has 5 heteroatoms. The van der Waals surface area contributed by atoms with E-state index >= 15 is 0 Å². The third-order valence-electron chi connectivity index (χ3n) is 3.08. The summed E-state index contributed by atoms with van der Waals surface area (Å²) in [5.41, 5.74) is 8.63. The number of carbonyl (C=O) groups is 1. The summed E-state index contributed by atoms with van der Waals surface area (Å²) in [6.07, 6.45) is 6.78. The number of carbonyl (C=O) groups excluding carboxylic acids is 1. The SMILES string of the molecule is Cc1[nH]nc(C(=O)NCCC2=CCCC2)c1N. The second kappa shape index (κ2) is 5.03. The van der Waals surface area contributed by atoms with E-state index in [2.05, 4.69) is 21.6 Å². The molecule has 17 heavy (non-hydrogen) atoms. The van der Waals surface area contributed by atoms with Crippen LogP contribution in [0.1, 0.15) is 41.9 Å². The standard InChI is InChI=1S/C12H18N4O/c1-8-10(13)11(16-15-8)12(17)14-7-6-9-4-2-3-5-9/h4H,2-3,5-7,13H2,1H3,(H,14,17)(H,15,16). The Morgan fingerprint density at radius 2 is 2.47 bits per heavy atom. The molecule has 0 aromatic carbocycles. The van der Waals surface area contributed by atoms with Gasteiger partial charge in [0.15, 0.2) is 5.69 Å². The minimum atomic E-state index is -0.203. The van der Waals surface area contributed by atoms with Crippen molar-refractivity contribution in [2.24, 2.45) is 0 Å². The van der Waals surface area contributed by atoms with Gasteiger partial charge in [0.25, 0.3) is 5.91 Å². The van der Waals surface area contributed by atoms with Gasteiger partial charge in [-0.3, -0.25) is 9.89 Å². The van der Waals surface area contributed by atoms with Gasteiger partial charge < -0.3 is 11.1 Å². The maximum atomic E-state index is 11.8.